The van der Waals surface area contributed by atoms with Crippen LogP contribution in [0.1, 0.15) is 5.56 Å². The summed E-state index contributed by atoms with van der Waals surface area (Å²) in [6, 6.07) is 12.3. The Morgan fingerprint density at radius 2 is 1.68 bits per heavy atom. The smallest absolute Gasteiger partial charge is 0.265 e. The fourth-order valence-electron chi connectivity index (χ4n) is 3.23. The van der Waals surface area contributed by atoms with Crippen molar-refractivity contribution in [2.45, 2.75) is 4.90 Å². The zero-order valence-electron chi connectivity index (χ0n) is 19.9. The largest absolute Gasteiger partial charge is 0.495 e. The number of ether oxygens (including phenoxy) is 3. The molecule has 0 aliphatic heterocycles. The van der Waals surface area contributed by atoms with Crippen LogP contribution in [-0.2, 0) is 14.8 Å². The molecule has 3 aromatic rings. The second kappa shape index (κ2) is 12.1. The molecule has 0 radical (unpaired) electrons. The summed E-state index contributed by atoms with van der Waals surface area (Å²) < 4.78 is 58.0. The van der Waals surface area contributed by atoms with E-state index in [2.05, 4.69) is 10.5 Å². The minimum absolute atomic E-state index is 0.000984. The molecule has 0 fully saturated rings. The molecule has 0 bridgehead atoms. The number of hydrogen-bond acceptors (Lipinski definition) is 7. The van der Waals surface area contributed by atoms with Crippen molar-refractivity contribution in [3.05, 3.63) is 76.0 Å². The van der Waals surface area contributed by atoms with Crippen LogP contribution in [0.4, 0.5) is 10.1 Å². The summed E-state index contributed by atoms with van der Waals surface area (Å²) in [6.45, 7) is -0.726. The van der Waals surface area contributed by atoms with Gasteiger partial charge in [0.1, 0.15) is 18.1 Å². The molecule has 0 aliphatic rings. The molecule has 3 rings (SSSR count). The van der Waals surface area contributed by atoms with Crippen LogP contribution in [0.3, 0.4) is 0 Å². The number of methoxy groups -OCH3 is 3. The van der Waals surface area contributed by atoms with Crippen LogP contribution in [0.15, 0.2) is 64.6 Å². The van der Waals surface area contributed by atoms with E-state index in [9.17, 15) is 17.6 Å². The van der Waals surface area contributed by atoms with Gasteiger partial charge in [0.05, 0.1) is 43.1 Å². The lowest BCUT2D eigenvalue weighted by Gasteiger charge is -2.25. The highest BCUT2D eigenvalue weighted by molar-refractivity contribution is 7.92. The number of hydrogen-bond donors (Lipinski definition) is 1. The van der Waals surface area contributed by atoms with Gasteiger partial charge in [0.25, 0.3) is 15.9 Å². The molecule has 1 N–H and O–H groups in total. The average Bonchev–Trinajstić information content (AvgIpc) is 2.88. The number of nitrogens with one attached hydrogen (secondary N) is 1. The van der Waals surface area contributed by atoms with Gasteiger partial charge < -0.3 is 14.2 Å². The van der Waals surface area contributed by atoms with Crippen LogP contribution in [0.25, 0.3) is 0 Å². The van der Waals surface area contributed by atoms with Gasteiger partial charge in [-0.05, 0) is 42.5 Å². The first kappa shape index (κ1) is 28.0. The van der Waals surface area contributed by atoms with Gasteiger partial charge >= 0.3 is 0 Å². The van der Waals surface area contributed by atoms with Crippen molar-refractivity contribution in [1.29, 1.82) is 0 Å². The van der Waals surface area contributed by atoms with Gasteiger partial charge in [-0.15, -0.1) is 0 Å². The summed E-state index contributed by atoms with van der Waals surface area (Å²) in [5.74, 6) is -0.867. The second-order valence-corrected chi connectivity index (χ2v) is 9.98. The van der Waals surface area contributed by atoms with Crippen LogP contribution in [0.5, 0.6) is 17.2 Å². The van der Waals surface area contributed by atoms with Crippen molar-refractivity contribution < 1.29 is 31.8 Å². The normalized spacial score (nSPS) is 11.3. The van der Waals surface area contributed by atoms with Crippen molar-refractivity contribution in [3.8, 4) is 17.2 Å². The molecular formula is C24H22Cl2FN3O6S. The lowest BCUT2D eigenvalue weighted by atomic mass is 10.2. The Morgan fingerprint density at radius 1 is 1.00 bits per heavy atom. The molecule has 3 aromatic carbocycles. The summed E-state index contributed by atoms with van der Waals surface area (Å²) in [4.78, 5) is 12.6. The summed E-state index contributed by atoms with van der Waals surface area (Å²) >= 11 is 12.1. The van der Waals surface area contributed by atoms with Gasteiger partial charge in [0.2, 0.25) is 0 Å². The monoisotopic (exact) mass is 569 g/mol. The third kappa shape index (κ3) is 6.43. The van der Waals surface area contributed by atoms with E-state index in [0.717, 1.165) is 10.5 Å². The molecule has 0 saturated carbocycles. The van der Waals surface area contributed by atoms with Crippen molar-refractivity contribution >= 4 is 51.0 Å². The van der Waals surface area contributed by atoms with E-state index < -0.39 is 28.3 Å². The van der Waals surface area contributed by atoms with Gasteiger partial charge in [0, 0.05) is 16.7 Å². The number of hydrazone groups is 1. The summed E-state index contributed by atoms with van der Waals surface area (Å²) in [5.41, 5.74) is 2.14. The first-order chi connectivity index (χ1) is 17.6. The molecule has 37 heavy (non-hydrogen) atoms. The molecule has 196 valence electrons. The molecule has 0 atom stereocenters. The Labute approximate surface area is 223 Å². The van der Waals surface area contributed by atoms with Crippen LogP contribution >= 0.6 is 23.2 Å². The molecule has 0 unspecified atom stereocenters. The Balaban J connectivity index is 2.00. The first-order valence-electron chi connectivity index (χ1n) is 10.5. The molecule has 0 saturated heterocycles. The number of sulfonamides is 1. The second-order valence-electron chi connectivity index (χ2n) is 7.27. The van der Waals surface area contributed by atoms with E-state index in [1.807, 2.05) is 0 Å². The number of benzene rings is 3. The number of rotatable bonds is 10. The molecule has 1 amide bonds. The van der Waals surface area contributed by atoms with E-state index in [0.29, 0.717) is 5.75 Å². The number of halogens is 3. The molecular weight excluding hydrogens is 548 g/mol. The van der Waals surface area contributed by atoms with E-state index in [4.69, 9.17) is 37.4 Å². The number of nitrogens with zero attached hydrogens (tertiary/aromatic N) is 2. The highest BCUT2D eigenvalue weighted by Crippen LogP contribution is 2.37. The van der Waals surface area contributed by atoms with Crippen LogP contribution in [-0.4, -0.2) is 48.4 Å². The molecule has 0 aromatic heterocycles. The van der Waals surface area contributed by atoms with E-state index >= 15 is 0 Å². The lowest BCUT2D eigenvalue weighted by Crippen LogP contribution is -2.39. The maximum Gasteiger partial charge on any atom is 0.265 e. The Hall–Kier alpha value is -3.54. The van der Waals surface area contributed by atoms with Gasteiger partial charge in [-0.1, -0.05) is 29.3 Å². The zero-order valence-corrected chi connectivity index (χ0v) is 22.2. The number of carbonyl (C=O) groups is 1. The summed E-state index contributed by atoms with van der Waals surface area (Å²) in [5, 5.41) is 4.00. The topological polar surface area (TPSA) is 107 Å². The van der Waals surface area contributed by atoms with E-state index in [1.165, 1.54) is 75.9 Å². The van der Waals surface area contributed by atoms with E-state index in [1.54, 1.807) is 0 Å². The minimum Gasteiger partial charge on any atom is -0.495 e. The van der Waals surface area contributed by atoms with Crippen LogP contribution < -0.4 is 23.9 Å². The van der Waals surface area contributed by atoms with Crippen molar-refractivity contribution in [3.63, 3.8) is 0 Å². The molecule has 9 nitrogen and oxygen atoms in total. The predicted octanol–water partition coefficient (Wildman–Crippen LogP) is 4.50. The number of carbonyl (C=O) groups excluding carboxylic acids is 1. The maximum absolute atomic E-state index is 14.0. The summed E-state index contributed by atoms with van der Waals surface area (Å²) in [6.07, 6.45) is 1.02. The third-order valence-corrected chi connectivity index (χ3v) is 7.34. The summed E-state index contributed by atoms with van der Waals surface area (Å²) in [7, 11) is -0.266. The van der Waals surface area contributed by atoms with Gasteiger partial charge in [-0.2, -0.15) is 5.10 Å². The van der Waals surface area contributed by atoms with Crippen molar-refractivity contribution in [2.24, 2.45) is 5.10 Å². The third-order valence-electron chi connectivity index (χ3n) is 5.02. The standard InChI is InChI=1S/C24H22Cl2FN3O6S/c1-34-21-9-7-15(25)11-20(21)30(37(32,33)16-8-10-22(35-2)23(12-16)36-3)14-24(31)29-28-13-17-18(26)5-4-6-19(17)27/h4-13H,14H2,1-3H3,(H,29,31)/b28-13-. The molecule has 0 heterocycles. The SMILES string of the molecule is COc1ccc(S(=O)(=O)N(CC(=O)N/N=C\c2c(F)cccc2Cl)c2cc(Cl)ccc2OC)cc1OC. The maximum atomic E-state index is 14.0. The van der Waals surface area contributed by atoms with Gasteiger partial charge in [0.15, 0.2) is 11.5 Å². The molecule has 0 aliphatic carbocycles. The average molecular weight is 570 g/mol. The number of amides is 1. The Bertz CT molecular complexity index is 1420. The van der Waals surface area contributed by atoms with Crippen molar-refractivity contribution in [2.75, 3.05) is 32.2 Å². The van der Waals surface area contributed by atoms with Gasteiger partial charge in [-0.25, -0.2) is 18.2 Å². The highest BCUT2D eigenvalue weighted by atomic mass is 35.5. The number of anilines is 1. The van der Waals surface area contributed by atoms with Crippen LogP contribution in [0, 0.1) is 5.82 Å². The quantitative estimate of drug-likeness (QED) is 0.284. The lowest BCUT2D eigenvalue weighted by molar-refractivity contribution is -0.119. The zero-order chi connectivity index (χ0) is 27.2. The van der Waals surface area contributed by atoms with Crippen molar-refractivity contribution in [1.82, 2.24) is 5.43 Å². The van der Waals surface area contributed by atoms with Gasteiger partial charge in [-0.3, -0.25) is 9.10 Å². The Kier molecular flexibility index (Phi) is 9.19. The predicted molar refractivity (Wildman–Crippen MR) is 139 cm³/mol. The highest BCUT2D eigenvalue weighted by Gasteiger charge is 2.30. The Morgan fingerprint density at radius 3 is 2.32 bits per heavy atom. The molecule has 13 heteroatoms. The fraction of sp³-hybridized carbons (Fsp3) is 0.167. The molecule has 0 spiro atoms. The van der Waals surface area contributed by atoms with E-state index in [-0.39, 0.29) is 37.7 Å². The minimum atomic E-state index is -4.38. The van der Waals surface area contributed by atoms with Crippen LogP contribution in [0.2, 0.25) is 10.0 Å². The fourth-order valence-corrected chi connectivity index (χ4v) is 5.05. The first-order valence-corrected chi connectivity index (χ1v) is 12.7.